The first kappa shape index (κ1) is 14.9. The number of ether oxygens (including phenoxy) is 3. The van der Waals surface area contributed by atoms with Crippen LogP contribution in [0.1, 0.15) is 12.0 Å². The summed E-state index contributed by atoms with van der Waals surface area (Å²) in [6.45, 7) is 1.73. The van der Waals surface area contributed by atoms with E-state index in [0.29, 0.717) is 19.8 Å². The van der Waals surface area contributed by atoms with Crippen LogP contribution in [-0.4, -0.2) is 38.6 Å². The lowest BCUT2D eigenvalue weighted by Gasteiger charge is -2.41. The molecule has 4 nitrogen and oxygen atoms in total. The number of methoxy groups -OCH3 is 1. The predicted octanol–water partition coefficient (Wildman–Crippen LogP) is 2.10. The smallest absolute Gasteiger partial charge is 0.0989 e. The molecule has 3 unspecified atom stereocenters. The van der Waals surface area contributed by atoms with Crippen LogP contribution in [0, 0.1) is 0 Å². The van der Waals surface area contributed by atoms with Gasteiger partial charge in [0.05, 0.1) is 32.0 Å². The molecule has 0 aromatic heterocycles. The van der Waals surface area contributed by atoms with Gasteiger partial charge in [0.15, 0.2) is 0 Å². The average molecular weight is 330 g/mol. The van der Waals surface area contributed by atoms with Crippen LogP contribution in [0.25, 0.3) is 0 Å². The largest absolute Gasteiger partial charge is 0.382 e. The van der Waals surface area contributed by atoms with Crippen LogP contribution in [0.3, 0.4) is 0 Å². The van der Waals surface area contributed by atoms with E-state index in [9.17, 15) is 0 Å². The molecule has 1 aromatic carbocycles. The quantitative estimate of drug-likeness (QED) is 0.778. The minimum atomic E-state index is -0.0118. The molecule has 0 aliphatic heterocycles. The monoisotopic (exact) mass is 329 g/mol. The van der Waals surface area contributed by atoms with Crippen molar-refractivity contribution in [1.82, 2.24) is 0 Å². The van der Waals surface area contributed by atoms with Gasteiger partial charge in [0.2, 0.25) is 0 Å². The Kier molecular flexibility index (Phi) is 5.78. The minimum Gasteiger partial charge on any atom is -0.382 e. The molecule has 0 saturated heterocycles. The summed E-state index contributed by atoms with van der Waals surface area (Å²) in [5, 5.41) is 0. The zero-order valence-electron chi connectivity index (χ0n) is 11.0. The first-order valence-electron chi connectivity index (χ1n) is 6.43. The van der Waals surface area contributed by atoms with Gasteiger partial charge in [-0.1, -0.05) is 28.1 Å². The second-order valence-corrected chi connectivity index (χ2v) is 5.62. The Labute approximate surface area is 122 Å². The molecular weight excluding hydrogens is 310 g/mol. The molecule has 2 N–H and O–H groups in total. The van der Waals surface area contributed by atoms with Gasteiger partial charge < -0.3 is 19.9 Å². The molecule has 1 aromatic rings. The highest BCUT2D eigenvalue weighted by Crippen LogP contribution is 2.27. The molecule has 19 heavy (non-hydrogen) atoms. The van der Waals surface area contributed by atoms with E-state index >= 15 is 0 Å². The first-order valence-corrected chi connectivity index (χ1v) is 7.22. The molecule has 1 aliphatic carbocycles. The van der Waals surface area contributed by atoms with Crippen molar-refractivity contribution in [2.45, 2.75) is 31.3 Å². The van der Waals surface area contributed by atoms with E-state index in [1.165, 1.54) is 0 Å². The van der Waals surface area contributed by atoms with Crippen molar-refractivity contribution >= 4 is 15.9 Å². The fourth-order valence-corrected chi connectivity index (χ4v) is 2.55. The standard InChI is InChI=1S/C14H20BrNO3/c1-17-5-6-18-14-12(16)8-13(14)19-9-10-3-2-4-11(15)7-10/h2-4,7,12-14H,5-6,8-9,16H2,1H3. The van der Waals surface area contributed by atoms with E-state index in [0.717, 1.165) is 16.5 Å². The molecule has 1 fully saturated rings. The number of benzene rings is 1. The molecule has 5 heteroatoms. The maximum atomic E-state index is 5.94. The third-order valence-electron chi connectivity index (χ3n) is 3.24. The summed E-state index contributed by atoms with van der Waals surface area (Å²) in [6, 6.07) is 8.18. The number of hydrogen-bond donors (Lipinski definition) is 1. The Bertz CT molecular complexity index is 402. The lowest BCUT2D eigenvalue weighted by molar-refractivity contribution is -0.149. The van der Waals surface area contributed by atoms with Gasteiger partial charge in [-0.05, 0) is 24.1 Å². The van der Waals surface area contributed by atoms with Crippen molar-refractivity contribution in [1.29, 1.82) is 0 Å². The molecule has 2 rings (SSSR count). The van der Waals surface area contributed by atoms with Gasteiger partial charge >= 0.3 is 0 Å². The number of rotatable bonds is 7. The van der Waals surface area contributed by atoms with Crippen molar-refractivity contribution < 1.29 is 14.2 Å². The van der Waals surface area contributed by atoms with Crippen molar-refractivity contribution in [3.05, 3.63) is 34.3 Å². The van der Waals surface area contributed by atoms with Crippen molar-refractivity contribution in [2.24, 2.45) is 5.73 Å². The SMILES string of the molecule is COCCOC1C(N)CC1OCc1cccc(Br)c1. The Morgan fingerprint density at radius 1 is 1.32 bits per heavy atom. The minimum absolute atomic E-state index is 0.0118. The van der Waals surface area contributed by atoms with Crippen LogP contribution in [0.4, 0.5) is 0 Å². The zero-order valence-corrected chi connectivity index (χ0v) is 12.6. The highest BCUT2D eigenvalue weighted by Gasteiger charge is 2.40. The van der Waals surface area contributed by atoms with E-state index in [1.807, 2.05) is 18.2 Å². The van der Waals surface area contributed by atoms with Crippen molar-refractivity contribution in [3.8, 4) is 0 Å². The van der Waals surface area contributed by atoms with Gasteiger partial charge in [-0.2, -0.15) is 0 Å². The van der Waals surface area contributed by atoms with Crippen molar-refractivity contribution in [2.75, 3.05) is 20.3 Å². The van der Waals surface area contributed by atoms with Crippen LogP contribution in [0.15, 0.2) is 28.7 Å². The summed E-state index contributed by atoms with van der Waals surface area (Å²) in [5.74, 6) is 0. The van der Waals surface area contributed by atoms with E-state index in [4.69, 9.17) is 19.9 Å². The summed E-state index contributed by atoms with van der Waals surface area (Å²) >= 11 is 3.45. The van der Waals surface area contributed by atoms with E-state index in [1.54, 1.807) is 7.11 Å². The number of halogens is 1. The average Bonchev–Trinajstić information content (AvgIpc) is 2.39. The molecule has 0 bridgehead atoms. The summed E-state index contributed by atoms with van der Waals surface area (Å²) in [5.41, 5.74) is 7.08. The second kappa shape index (κ2) is 7.36. The Hall–Kier alpha value is -0.460. The topological polar surface area (TPSA) is 53.7 Å². The molecule has 106 valence electrons. The molecule has 0 spiro atoms. The first-order chi connectivity index (χ1) is 9.20. The van der Waals surface area contributed by atoms with Crippen molar-refractivity contribution in [3.63, 3.8) is 0 Å². The lowest BCUT2D eigenvalue weighted by Crippen LogP contribution is -2.58. The predicted molar refractivity (Wildman–Crippen MR) is 76.9 cm³/mol. The van der Waals surface area contributed by atoms with Gasteiger partial charge in [0, 0.05) is 17.6 Å². The van der Waals surface area contributed by atoms with Crippen LogP contribution in [-0.2, 0) is 20.8 Å². The third-order valence-corrected chi connectivity index (χ3v) is 3.74. The van der Waals surface area contributed by atoms with Gasteiger partial charge in [0.25, 0.3) is 0 Å². The lowest BCUT2D eigenvalue weighted by atomic mass is 9.86. The summed E-state index contributed by atoms with van der Waals surface area (Å²) < 4.78 is 17.6. The molecule has 1 saturated carbocycles. The van der Waals surface area contributed by atoms with Gasteiger partial charge in [0.1, 0.15) is 0 Å². The van der Waals surface area contributed by atoms with Gasteiger partial charge in [-0.25, -0.2) is 0 Å². The normalized spacial score (nSPS) is 26.2. The van der Waals surface area contributed by atoms with E-state index in [2.05, 4.69) is 22.0 Å². The Balaban J connectivity index is 1.76. The summed E-state index contributed by atoms with van der Waals surface area (Å²) in [4.78, 5) is 0. The molecule has 3 atom stereocenters. The summed E-state index contributed by atoms with van der Waals surface area (Å²) in [6.07, 6.45) is 0.930. The third kappa shape index (κ3) is 4.26. The van der Waals surface area contributed by atoms with E-state index < -0.39 is 0 Å². The summed E-state index contributed by atoms with van der Waals surface area (Å²) in [7, 11) is 1.66. The maximum Gasteiger partial charge on any atom is 0.0989 e. The molecule has 0 amide bonds. The van der Waals surface area contributed by atoms with E-state index in [-0.39, 0.29) is 18.2 Å². The zero-order chi connectivity index (χ0) is 13.7. The molecule has 1 aliphatic rings. The van der Waals surface area contributed by atoms with Crippen LogP contribution >= 0.6 is 15.9 Å². The Morgan fingerprint density at radius 2 is 2.16 bits per heavy atom. The van der Waals surface area contributed by atoms with Crippen LogP contribution in [0.5, 0.6) is 0 Å². The maximum absolute atomic E-state index is 5.94. The Morgan fingerprint density at radius 3 is 2.84 bits per heavy atom. The number of nitrogens with two attached hydrogens (primary N) is 1. The fraction of sp³-hybridized carbons (Fsp3) is 0.571. The second-order valence-electron chi connectivity index (χ2n) is 4.71. The fourth-order valence-electron chi connectivity index (χ4n) is 2.11. The highest BCUT2D eigenvalue weighted by atomic mass is 79.9. The molecule has 0 heterocycles. The van der Waals surface area contributed by atoms with Crippen LogP contribution in [0.2, 0.25) is 0 Å². The highest BCUT2D eigenvalue weighted by molar-refractivity contribution is 9.10. The number of hydrogen-bond acceptors (Lipinski definition) is 4. The van der Waals surface area contributed by atoms with Crippen LogP contribution < -0.4 is 5.73 Å². The van der Waals surface area contributed by atoms with Gasteiger partial charge in [-0.15, -0.1) is 0 Å². The molecule has 0 radical (unpaired) electrons. The van der Waals surface area contributed by atoms with Gasteiger partial charge in [-0.3, -0.25) is 0 Å². The molecular formula is C14H20BrNO3.